The predicted octanol–water partition coefficient (Wildman–Crippen LogP) is 2.38. The van der Waals surface area contributed by atoms with Crippen LogP contribution in [0.2, 0.25) is 0 Å². The molecule has 2 heteroatoms. The average Bonchev–Trinajstić information content (AvgIpc) is 3.21. The summed E-state index contributed by atoms with van der Waals surface area (Å²) < 4.78 is 0. The maximum Gasteiger partial charge on any atom is 0.0331 e. The Morgan fingerprint density at radius 3 is 1.81 bits per heavy atom. The van der Waals surface area contributed by atoms with Crippen LogP contribution in [0.4, 0.5) is 0 Å². The Kier molecular flexibility index (Phi) is 2.97. The summed E-state index contributed by atoms with van der Waals surface area (Å²) in [6, 6.07) is 0. The lowest BCUT2D eigenvalue weighted by atomic mass is 9.94. The molecule has 3 aliphatic carbocycles. The zero-order valence-corrected chi connectivity index (χ0v) is 10.5. The number of hydrogen-bond acceptors (Lipinski definition) is 2. The highest BCUT2D eigenvalue weighted by atomic mass is 15.2. The SMILES string of the molecule is NCC1(N(CC2CC2)CC2CC2)CCCC1. The third-order valence-electron chi connectivity index (χ3n) is 4.94. The van der Waals surface area contributed by atoms with E-state index in [0.717, 1.165) is 18.4 Å². The second-order valence-electron chi connectivity index (χ2n) is 6.43. The van der Waals surface area contributed by atoms with Crippen LogP contribution >= 0.6 is 0 Å². The highest BCUT2D eigenvalue weighted by Crippen LogP contribution is 2.41. The average molecular weight is 222 g/mol. The van der Waals surface area contributed by atoms with Gasteiger partial charge in [0.2, 0.25) is 0 Å². The van der Waals surface area contributed by atoms with Crippen LogP contribution in [0, 0.1) is 11.8 Å². The van der Waals surface area contributed by atoms with Crippen molar-refractivity contribution in [3.05, 3.63) is 0 Å². The minimum atomic E-state index is 0.408. The zero-order chi connectivity index (χ0) is 11.0. The number of nitrogens with two attached hydrogens (primary N) is 1. The predicted molar refractivity (Wildman–Crippen MR) is 67.3 cm³/mol. The minimum absolute atomic E-state index is 0.408. The van der Waals surface area contributed by atoms with E-state index in [1.807, 2.05) is 0 Å². The third kappa shape index (κ3) is 2.28. The molecule has 92 valence electrons. The van der Waals surface area contributed by atoms with Crippen LogP contribution in [-0.4, -0.2) is 30.1 Å². The fourth-order valence-corrected chi connectivity index (χ4v) is 3.37. The summed E-state index contributed by atoms with van der Waals surface area (Å²) >= 11 is 0. The summed E-state index contributed by atoms with van der Waals surface area (Å²) in [4.78, 5) is 2.81. The Balaban J connectivity index is 1.67. The molecule has 0 amide bonds. The summed E-state index contributed by atoms with van der Waals surface area (Å²) in [5.41, 5.74) is 6.53. The first kappa shape index (κ1) is 11.0. The molecule has 0 spiro atoms. The number of nitrogens with zero attached hydrogens (tertiary/aromatic N) is 1. The van der Waals surface area contributed by atoms with Gasteiger partial charge in [-0.05, 0) is 50.4 Å². The van der Waals surface area contributed by atoms with Crippen molar-refractivity contribution < 1.29 is 0 Å². The van der Waals surface area contributed by atoms with Crippen molar-refractivity contribution in [3.63, 3.8) is 0 Å². The molecule has 3 fully saturated rings. The molecule has 3 rings (SSSR count). The van der Waals surface area contributed by atoms with Crippen LogP contribution in [0.15, 0.2) is 0 Å². The fraction of sp³-hybridized carbons (Fsp3) is 1.00. The molecule has 0 unspecified atom stereocenters. The van der Waals surface area contributed by atoms with Crippen molar-refractivity contribution in [1.29, 1.82) is 0 Å². The monoisotopic (exact) mass is 222 g/mol. The third-order valence-corrected chi connectivity index (χ3v) is 4.94. The Bertz CT molecular complexity index is 223. The summed E-state index contributed by atoms with van der Waals surface area (Å²) in [6.07, 6.45) is 11.4. The standard InChI is InChI=1S/C14H26N2/c15-11-14(7-1-2-8-14)16(9-12-3-4-12)10-13-5-6-13/h12-13H,1-11,15H2. The number of hydrogen-bond donors (Lipinski definition) is 1. The van der Waals surface area contributed by atoms with Gasteiger partial charge in [-0.2, -0.15) is 0 Å². The van der Waals surface area contributed by atoms with Gasteiger partial charge in [0.1, 0.15) is 0 Å². The van der Waals surface area contributed by atoms with Gasteiger partial charge in [0, 0.05) is 25.2 Å². The lowest BCUT2D eigenvalue weighted by Crippen LogP contribution is -2.53. The molecular weight excluding hydrogens is 196 g/mol. The summed E-state index contributed by atoms with van der Waals surface area (Å²) in [5, 5.41) is 0. The Morgan fingerprint density at radius 2 is 1.44 bits per heavy atom. The van der Waals surface area contributed by atoms with E-state index in [2.05, 4.69) is 4.90 Å². The fourth-order valence-electron chi connectivity index (χ4n) is 3.37. The van der Waals surface area contributed by atoms with Crippen molar-refractivity contribution in [2.24, 2.45) is 17.6 Å². The molecule has 3 aliphatic rings. The molecule has 0 atom stereocenters. The quantitative estimate of drug-likeness (QED) is 0.747. The lowest BCUT2D eigenvalue weighted by Gasteiger charge is -2.41. The first-order valence-electron chi connectivity index (χ1n) is 7.27. The van der Waals surface area contributed by atoms with E-state index in [0.29, 0.717) is 5.54 Å². The van der Waals surface area contributed by atoms with Gasteiger partial charge in [0.25, 0.3) is 0 Å². The van der Waals surface area contributed by atoms with Crippen molar-refractivity contribution in [3.8, 4) is 0 Å². The molecule has 16 heavy (non-hydrogen) atoms. The van der Waals surface area contributed by atoms with Gasteiger partial charge in [0.05, 0.1) is 0 Å². The molecule has 0 aliphatic heterocycles. The first-order chi connectivity index (χ1) is 7.82. The highest BCUT2D eigenvalue weighted by molar-refractivity contribution is 4.99. The summed E-state index contributed by atoms with van der Waals surface area (Å²) in [7, 11) is 0. The van der Waals surface area contributed by atoms with Crippen LogP contribution in [0.5, 0.6) is 0 Å². The van der Waals surface area contributed by atoms with Gasteiger partial charge in [-0.15, -0.1) is 0 Å². The van der Waals surface area contributed by atoms with Crippen LogP contribution in [0.25, 0.3) is 0 Å². The lowest BCUT2D eigenvalue weighted by molar-refractivity contribution is 0.0875. The van der Waals surface area contributed by atoms with E-state index < -0.39 is 0 Å². The second-order valence-corrected chi connectivity index (χ2v) is 6.43. The first-order valence-corrected chi connectivity index (χ1v) is 7.27. The van der Waals surface area contributed by atoms with Crippen LogP contribution in [0.3, 0.4) is 0 Å². The maximum absolute atomic E-state index is 6.12. The number of rotatable bonds is 6. The second kappa shape index (κ2) is 4.30. The van der Waals surface area contributed by atoms with Gasteiger partial charge < -0.3 is 5.73 Å². The zero-order valence-electron chi connectivity index (χ0n) is 10.5. The topological polar surface area (TPSA) is 29.3 Å². The van der Waals surface area contributed by atoms with Crippen LogP contribution in [-0.2, 0) is 0 Å². The molecule has 0 aromatic heterocycles. The normalized spacial score (nSPS) is 28.9. The van der Waals surface area contributed by atoms with Gasteiger partial charge in [-0.25, -0.2) is 0 Å². The van der Waals surface area contributed by atoms with Gasteiger partial charge in [-0.1, -0.05) is 12.8 Å². The Hall–Kier alpha value is -0.0800. The van der Waals surface area contributed by atoms with E-state index in [9.17, 15) is 0 Å². The molecule has 0 aromatic rings. The molecule has 2 nitrogen and oxygen atoms in total. The van der Waals surface area contributed by atoms with E-state index in [1.54, 1.807) is 0 Å². The van der Waals surface area contributed by atoms with E-state index in [-0.39, 0.29) is 0 Å². The van der Waals surface area contributed by atoms with Crippen LogP contribution < -0.4 is 5.73 Å². The van der Waals surface area contributed by atoms with Crippen molar-refractivity contribution in [1.82, 2.24) is 4.90 Å². The molecule has 0 heterocycles. The summed E-state index contributed by atoms with van der Waals surface area (Å²) in [5.74, 6) is 2.03. The molecule has 0 saturated heterocycles. The molecular formula is C14H26N2. The van der Waals surface area contributed by atoms with Gasteiger partial charge in [-0.3, -0.25) is 4.90 Å². The Labute approximate surface area is 99.6 Å². The van der Waals surface area contributed by atoms with Crippen molar-refractivity contribution in [2.75, 3.05) is 19.6 Å². The van der Waals surface area contributed by atoms with E-state index in [1.165, 1.54) is 64.5 Å². The van der Waals surface area contributed by atoms with Gasteiger partial charge >= 0.3 is 0 Å². The van der Waals surface area contributed by atoms with E-state index in [4.69, 9.17) is 5.73 Å². The largest absolute Gasteiger partial charge is 0.329 e. The smallest absolute Gasteiger partial charge is 0.0331 e. The molecule has 0 bridgehead atoms. The Morgan fingerprint density at radius 1 is 0.938 bits per heavy atom. The van der Waals surface area contributed by atoms with E-state index >= 15 is 0 Å². The summed E-state index contributed by atoms with van der Waals surface area (Å²) in [6.45, 7) is 3.60. The minimum Gasteiger partial charge on any atom is -0.329 e. The molecule has 0 radical (unpaired) electrons. The maximum atomic E-state index is 6.12. The molecule has 2 N–H and O–H groups in total. The molecule has 3 saturated carbocycles. The molecule has 0 aromatic carbocycles. The van der Waals surface area contributed by atoms with Gasteiger partial charge in [0.15, 0.2) is 0 Å². The van der Waals surface area contributed by atoms with Crippen LogP contribution in [0.1, 0.15) is 51.4 Å². The highest BCUT2D eigenvalue weighted by Gasteiger charge is 2.42. The van der Waals surface area contributed by atoms with Crippen molar-refractivity contribution >= 4 is 0 Å². The van der Waals surface area contributed by atoms with Crippen molar-refractivity contribution in [2.45, 2.75) is 56.9 Å².